The van der Waals surface area contributed by atoms with Crippen LogP contribution in [0.5, 0.6) is 0 Å². The smallest absolute Gasteiger partial charge is 0.237 e. The Balaban J connectivity index is 2.20. The fourth-order valence-corrected chi connectivity index (χ4v) is 2.74. The molecule has 0 saturated carbocycles. The monoisotopic (exact) mass is 261 g/mol. The van der Waals surface area contributed by atoms with Gasteiger partial charge in [-0.15, -0.1) is 0 Å². The van der Waals surface area contributed by atoms with Crippen molar-refractivity contribution in [3.05, 3.63) is 35.9 Å². The maximum Gasteiger partial charge on any atom is 0.237 e. The van der Waals surface area contributed by atoms with Crippen LogP contribution in [0.2, 0.25) is 0 Å². The zero-order valence-corrected chi connectivity index (χ0v) is 11.5. The highest BCUT2D eigenvalue weighted by atomic mass is 16.2. The summed E-state index contributed by atoms with van der Waals surface area (Å²) < 4.78 is 0. The van der Waals surface area contributed by atoms with Gasteiger partial charge in [-0.2, -0.15) is 0 Å². The lowest BCUT2D eigenvalue weighted by Gasteiger charge is -2.33. The molecule has 1 amide bonds. The van der Waals surface area contributed by atoms with Gasteiger partial charge in [0.1, 0.15) is 0 Å². The zero-order valence-electron chi connectivity index (χ0n) is 11.5. The average molecular weight is 261 g/mol. The van der Waals surface area contributed by atoms with Gasteiger partial charge in [-0.05, 0) is 31.9 Å². The van der Waals surface area contributed by atoms with Crippen LogP contribution in [-0.4, -0.2) is 36.5 Å². The van der Waals surface area contributed by atoms with Gasteiger partial charge in [0.2, 0.25) is 5.91 Å². The molecule has 19 heavy (non-hydrogen) atoms. The molecule has 2 atom stereocenters. The Kier molecular flexibility index (Phi) is 4.93. The molecular weight excluding hydrogens is 238 g/mol. The highest BCUT2D eigenvalue weighted by Crippen LogP contribution is 2.24. The van der Waals surface area contributed by atoms with Crippen molar-refractivity contribution in [3.8, 4) is 0 Å². The standard InChI is InChI=1S/C15H23N3O/c1-12(13-6-3-2-4-7-13)18-11-5-10-17-15(19)14(18)8-9-16/h2-4,6-7,12,14H,5,8-11,16H2,1H3,(H,17,19). The lowest BCUT2D eigenvalue weighted by Crippen LogP contribution is -2.46. The molecule has 104 valence electrons. The van der Waals surface area contributed by atoms with Crippen molar-refractivity contribution in [3.63, 3.8) is 0 Å². The summed E-state index contributed by atoms with van der Waals surface area (Å²) in [4.78, 5) is 14.4. The number of benzene rings is 1. The number of nitrogens with one attached hydrogen (secondary N) is 1. The average Bonchev–Trinajstić information content (AvgIpc) is 2.62. The third kappa shape index (κ3) is 3.33. The molecule has 1 aromatic rings. The largest absolute Gasteiger partial charge is 0.355 e. The highest BCUT2D eigenvalue weighted by Gasteiger charge is 2.30. The minimum Gasteiger partial charge on any atom is -0.355 e. The number of nitrogens with two attached hydrogens (primary N) is 1. The van der Waals surface area contributed by atoms with E-state index in [1.54, 1.807) is 0 Å². The van der Waals surface area contributed by atoms with Gasteiger partial charge in [-0.1, -0.05) is 30.3 Å². The minimum atomic E-state index is -0.109. The molecule has 3 N–H and O–H groups in total. The van der Waals surface area contributed by atoms with E-state index in [0.29, 0.717) is 13.0 Å². The van der Waals surface area contributed by atoms with Crippen molar-refractivity contribution in [2.45, 2.75) is 31.8 Å². The van der Waals surface area contributed by atoms with Crippen molar-refractivity contribution in [1.29, 1.82) is 0 Å². The van der Waals surface area contributed by atoms with Gasteiger partial charge < -0.3 is 11.1 Å². The van der Waals surface area contributed by atoms with E-state index in [9.17, 15) is 4.79 Å². The van der Waals surface area contributed by atoms with Gasteiger partial charge in [-0.3, -0.25) is 9.69 Å². The molecule has 0 radical (unpaired) electrons. The second-order valence-electron chi connectivity index (χ2n) is 5.06. The number of carbonyl (C=O) groups excluding carboxylic acids is 1. The molecule has 1 aliphatic rings. The highest BCUT2D eigenvalue weighted by molar-refractivity contribution is 5.82. The number of hydrogen-bond acceptors (Lipinski definition) is 3. The van der Waals surface area contributed by atoms with Crippen LogP contribution in [0.15, 0.2) is 30.3 Å². The maximum atomic E-state index is 12.1. The molecule has 0 aromatic heterocycles. The predicted octanol–water partition coefficient (Wildman–Crippen LogP) is 1.29. The third-order valence-electron chi connectivity index (χ3n) is 3.81. The summed E-state index contributed by atoms with van der Waals surface area (Å²) in [5, 5.41) is 2.98. The lowest BCUT2D eigenvalue weighted by molar-refractivity contribution is -0.126. The SMILES string of the molecule is CC(c1ccccc1)N1CCCNC(=O)C1CCN. The first kappa shape index (κ1) is 14.0. The third-order valence-corrected chi connectivity index (χ3v) is 3.81. The first-order valence-corrected chi connectivity index (χ1v) is 7.02. The predicted molar refractivity (Wildman–Crippen MR) is 76.6 cm³/mol. The van der Waals surface area contributed by atoms with Crippen LogP contribution in [-0.2, 0) is 4.79 Å². The number of hydrogen-bond donors (Lipinski definition) is 2. The van der Waals surface area contributed by atoms with E-state index in [-0.39, 0.29) is 18.0 Å². The molecule has 4 heteroatoms. The Morgan fingerprint density at radius 3 is 2.84 bits per heavy atom. The van der Waals surface area contributed by atoms with E-state index < -0.39 is 0 Å². The lowest BCUT2D eigenvalue weighted by atomic mass is 10.0. The first-order valence-electron chi connectivity index (χ1n) is 7.02. The van der Waals surface area contributed by atoms with Gasteiger partial charge in [0.25, 0.3) is 0 Å². The van der Waals surface area contributed by atoms with E-state index >= 15 is 0 Å². The summed E-state index contributed by atoms with van der Waals surface area (Å²) in [6, 6.07) is 10.5. The molecule has 1 fully saturated rings. The fourth-order valence-electron chi connectivity index (χ4n) is 2.74. The van der Waals surface area contributed by atoms with Crippen LogP contribution >= 0.6 is 0 Å². The molecule has 4 nitrogen and oxygen atoms in total. The van der Waals surface area contributed by atoms with Gasteiger partial charge in [0, 0.05) is 19.1 Å². The Bertz CT molecular complexity index is 407. The summed E-state index contributed by atoms with van der Waals surface area (Å²) in [6.07, 6.45) is 1.70. The van der Waals surface area contributed by atoms with Crippen LogP contribution in [0.4, 0.5) is 0 Å². The molecule has 2 rings (SSSR count). The van der Waals surface area contributed by atoms with Crippen LogP contribution in [0.3, 0.4) is 0 Å². The summed E-state index contributed by atoms with van der Waals surface area (Å²) in [6.45, 7) is 4.39. The fraction of sp³-hybridized carbons (Fsp3) is 0.533. The minimum absolute atomic E-state index is 0.109. The molecule has 1 aromatic carbocycles. The van der Waals surface area contributed by atoms with Gasteiger partial charge in [0.05, 0.1) is 6.04 Å². The van der Waals surface area contributed by atoms with Gasteiger partial charge in [-0.25, -0.2) is 0 Å². The number of carbonyl (C=O) groups is 1. The molecule has 0 spiro atoms. The Morgan fingerprint density at radius 1 is 1.42 bits per heavy atom. The number of rotatable bonds is 4. The Hall–Kier alpha value is -1.39. The quantitative estimate of drug-likeness (QED) is 0.858. The van der Waals surface area contributed by atoms with E-state index in [4.69, 9.17) is 5.73 Å². The van der Waals surface area contributed by atoms with Gasteiger partial charge in [0.15, 0.2) is 0 Å². The van der Waals surface area contributed by atoms with Gasteiger partial charge >= 0.3 is 0 Å². The maximum absolute atomic E-state index is 12.1. The van der Waals surface area contributed by atoms with Crippen molar-refractivity contribution in [2.24, 2.45) is 5.73 Å². The second kappa shape index (κ2) is 6.68. The summed E-state index contributed by atoms with van der Waals surface area (Å²) in [5.41, 5.74) is 6.92. The van der Waals surface area contributed by atoms with Crippen molar-refractivity contribution >= 4 is 5.91 Å². The molecule has 1 heterocycles. The second-order valence-corrected chi connectivity index (χ2v) is 5.06. The zero-order chi connectivity index (χ0) is 13.7. The van der Waals surface area contributed by atoms with Crippen LogP contribution < -0.4 is 11.1 Å². The first-order chi connectivity index (χ1) is 9.24. The van der Waals surface area contributed by atoms with Crippen molar-refractivity contribution in [2.75, 3.05) is 19.6 Å². The number of nitrogens with zero attached hydrogens (tertiary/aromatic N) is 1. The van der Waals surface area contributed by atoms with Crippen molar-refractivity contribution in [1.82, 2.24) is 10.2 Å². The number of amides is 1. The Labute approximate surface area is 115 Å². The molecule has 1 saturated heterocycles. The van der Waals surface area contributed by atoms with E-state index in [1.807, 2.05) is 18.2 Å². The molecule has 0 bridgehead atoms. The topological polar surface area (TPSA) is 58.4 Å². The van der Waals surface area contributed by atoms with Crippen LogP contribution in [0.1, 0.15) is 31.4 Å². The van der Waals surface area contributed by atoms with Crippen molar-refractivity contribution < 1.29 is 4.79 Å². The van der Waals surface area contributed by atoms with E-state index in [2.05, 4.69) is 29.3 Å². The molecule has 1 aliphatic heterocycles. The summed E-state index contributed by atoms with van der Waals surface area (Å²) >= 11 is 0. The van der Waals surface area contributed by atoms with E-state index in [1.165, 1.54) is 5.56 Å². The normalized spacial score (nSPS) is 22.6. The molecule has 2 unspecified atom stereocenters. The molecule has 0 aliphatic carbocycles. The van der Waals surface area contributed by atoms with Crippen LogP contribution in [0.25, 0.3) is 0 Å². The summed E-state index contributed by atoms with van der Waals surface area (Å²) in [5.74, 6) is 0.116. The Morgan fingerprint density at radius 2 is 2.16 bits per heavy atom. The van der Waals surface area contributed by atoms with Crippen LogP contribution in [0, 0.1) is 0 Å². The van der Waals surface area contributed by atoms with E-state index in [0.717, 1.165) is 19.5 Å². The summed E-state index contributed by atoms with van der Waals surface area (Å²) in [7, 11) is 0. The molecular formula is C15H23N3O.